The molecule has 2 aromatic rings. The molecule has 1 atom stereocenters. The summed E-state index contributed by atoms with van der Waals surface area (Å²) >= 11 is 0. The first-order chi connectivity index (χ1) is 11.3. The van der Waals surface area contributed by atoms with E-state index >= 15 is 0 Å². The van der Waals surface area contributed by atoms with Crippen molar-refractivity contribution in [3.05, 3.63) is 71.8 Å². The monoisotopic (exact) mass is 311 g/mol. The zero-order valence-electron chi connectivity index (χ0n) is 13.4. The molecule has 2 N–H and O–H groups in total. The summed E-state index contributed by atoms with van der Waals surface area (Å²) in [5.41, 5.74) is 0.855. The number of aliphatic hydroxyl groups is 2. The number of hydrogen-bond donors (Lipinski definition) is 2. The lowest BCUT2D eigenvalue weighted by Crippen LogP contribution is -2.48. The number of likely N-dealkylation sites (tertiary alicyclic amines) is 1. The van der Waals surface area contributed by atoms with Crippen LogP contribution < -0.4 is 0 Å². The minimum absolute atomic E-state index is 0.0406. The molecule has 3 heteroatoms. The Morgan fingerprint density at radius 1 is 0.957 bits per heavy atom. The number of hydrogen-bond acceptors (Lipinski definition) is 3. The quantitative estimate of drug-likeness (QED) is 0.862. The molecule has 2 aromatic carbocycles. The molecule has 0 bridgehead atoms. The summed E-state index contributed by atoms with van der Waals surface area (Å²) in [4.78, 5) is 2.33. The summed E-state index contributed by atoms with van der Waals surface area (Å²) in [5, 5.41) is 21.0. The van der Waals surface area contributed by atoms with Crippen molar-refractivity contribution in [2.75, 3.05) is 19.7 Å². The molecule has 0 aromatic heterocycles. The van der Waals surface area contributed by atoms with Crippen molar-refractivity contribution in [3.8, 4) is 0 Å². The van der Waals surface area contributed by atoms with Crippen LogP contribution in [0.5, 0.6) is 0 Å². The summed E-state index contributed by atoms with van der Waals surface area (Å²) in [6.45, 7) is 1.99. The highest BCUT2D eigenvalue weighted by Gasteiger charge is 2.44. The van der Waals surface area contributed by atoms with Gasteiger partial charge in [-0.1, -0.05) is 60.7 Å². The molecule has 1 heterocycles. The van der Waals surface area contributed by atoms with Gasteiger partial charge in [0, 0.05) is 19.2 Å². The summed E-state index contributed by atoms with van der Waals surface area (Å²) in [7, 11) is 0. The van der Waals surface area contributed by atoms with Crippen LogP contribution in [0.15, 0.2) is 60.7 Å². The van der Waals surface area contributed by atoms with Crippen LogP contribution in [0.1, 0.15) is 30.4 Å². The van der Waals surface area contributed by atoms with E-state index < -0.39 is 5.60 Å². The molecule has 1 aliphatic heterocycles. The molecule has 0 radical (unpaired) electrons. The second kappa shape index (κ2) is 7.26. The van der Waals surface area contributed by atoms with Crippen LogP contribution in [-0.4, -0.2) is 40.9 Å². The zero-order chi connectivity index (χ0) is 16.1. The second-order valence-corrected chi connectivity index (χ2v) is 6.27. The molecular weight excluding hydrogens is 286 g/mol. The third-order valence-electron chi connectivity index (χ3n) is 4.88. The lowest BCUT2D eigenvalue weighted by Gasteiger charge is -2.40. The van der Waals surface area contributed by atoms with Gasteiger partial charge in [0.15, 0.2) is 0 Å². The Balaban J connectivity index is 2.02. The van der Waals surface area contributed by atoms with E-state index in [1.807, 2.05) is 60.7 Å². The first-order valence-electron chi connectivity index (χ1n) is 8.45. The van der Waals surface area contributed by atoms with E-state index in [1.54, 1.807) is 0 Å². The van der Waals surface area contributed by atoms with Gasteiger partial charge in [0.1, 0.15) is 5.60 Å². The molecule has 0 aliphatic carbocycles. The largest absolute Gasteiger partial charge is 0.396 e. The first-order valence-corrected chi connectivity index (χ1v) is 8.45. The predicted octanol–water partition coefficient (Wildman–Crippen LogP) is 2.77. The molecular formula is C20H25NO2. The van der Waals surface area contributed by atoms with Crippen molar-refractivity contribution in [2.24, 2.45) is 0 Å². The molecule has 0 amide bonds. The minimum atomic E-state index is -1.02. The lowest BCUT2D eigenvalue weighted by atomic mass is 9.79. The Morgan fingerprint density at radius 3 is 2.04 bits per heavy atom. The van der Waals surface area contributed by atoms with Crippen LogP contribution in [0, 0.1) is 0 Å². The van der Waals surface area contributed by atoms with E-state index in [-0.39, 0.29) is 12.6 Å². The molecule has 0 saturated carbocycles. The Bertz CT molecular complexity index is 560. The van der Waals surface area contributed by atoms with Gasteiger partial charge in [-0.2, -0.15) is 0 Å². The van der Waals surface area contributed by atoms with E-state index in [2.05, 4.69) is 4.90 Å². The van der Waals surface area contributed by atoms with Crippen molar-refractivity contribution in [1.82, 2.24) is 4.90 Å². The van der Waals surface area contributed by atoms with Gasteiger partial charge in [-0.05, 0) is 36.9 Å². The fraction of sp³-hybridized carbons (Fsp3) is 0.400. The predicted molar refractivity (Wildman–Crippen MR) is 92.2 cm³/mol. The first kappa shape index (κ1) is 16.2. The van der Waals surface area contributed by atoms with Crippen LogP contribution in [0.25, 0.3) is 0 Å². The van der Waals surface area contributed by atoms with Gasteiger partial charge in [-0.25, -0.2) is 0 Å². The fourth-order valence-corrected chi connectivity index (χ4v) is 3.78. The molecule has 0 spiro atoms. The average Bonchev–Trinajstić information content (AvgIpc) is 3.10. The van der Waals surface area contributed by atoms with Gasteiger partial charge in [-0.15, -0.1) is 0 Å². The summed E-state index contributed by atoms with van der Waals surface area (Å²) in [6.07, 6.45) is 2.79. The van der Waals surface area contributed by atoms with E-state index in [0.717, 1.165) is 43.5 Å². The molecule has 1 aliphatic rings. The third-order valence-corrected chi connectivity index (χ3v) is 4.88. The van der Waals surface area contributed by atoms with Crippen molar-refractivity contribution in [2.45, 2.75) is 30.9 Å². The molecule has 122 valence electrons. The normalized spacial score (nSPS) is 19.1. The highest BCUT2D eigenvalue weighted by molar-refractivity contribution is 5.38. The van der Waals surface area contributed by atoms with Crippen LogP contribution in [0.2, 0.25) is 0 Å². The smallest absolute Gasteiger partial charge is 0.130 e. The Morgan fingerprint density at radius 2 is 1.52 bits per heavy atom. The molecule has 3 nitrogen and oxygen atoms in total. The van der Waals surface area contributed by atoms with E-state index in [0.29, 0.717) is 0 Å². The van der Waals surface area contributed by atoms with Crippen molar-refractivity contribution in [3.63, 3.8) is 0 Å². The molecule has 23 heavy (non-hydrogen) atoms. The molecule has 1 fully saturated rings. The number of rotatable bonds is 6. The van der Waals surface area contributed by atoms with Gasteiger partial charge >= 0.3 is 0 Å². The molecule has 3 rings (SSSR count). The Kier molecular flexibility index (Phi) is 5.11. The Hall–Kier alpha value is -1.68. The summed E-state index contributed by atoms with van der Waals surface area (Å²) < 4.78 is 0. The van der Waals surface area contributed by atoms with Crippen LogP contribution in [0.4, 0.5) is 0 Å². The highest BCUT2D eigenvalue weighted by Crippen LogP contribution is 2.40. The topological polar surface area (TPSA) is 43.7 Å². The van der Waals surface area contributed by atoms with E-state index in [9.17, 15) is 5.11 Å². The fourth-order valence-electron chi connectivity index (χ4n) is 3.78. The summed E-state index contributed by atoms with van der Waals surface area (Å²) in [5.74, 6) is 0. The standard InChI is InChI=1S/C20H25NO2/c22-16-8-15-21-14-7-13-19(21)20(23,17-9-3-1-4-10-17)18-11-5-2-6-12-18/h1-6,9-12,19,22-23H,7-8,13-16H2/t19-/m1/s1. The minimum Gasteiger partial charge on any atom is -0.396 e. The highest BCUT2D eigenvalue weighted by atomic mass is 16.3. The van der Waals surface area contributed by atoms with Crippen LogP contribution in [-0.2, 0) is 5.60 Å². The number of aliphatic hydroxyl groups excluding tert-OH is 1. The Labute approximate surface area is 138 Å². The lowest BCUT2D eigenvalue weighted by molar-refractivity contribution is -0.00522. The van der Waals surface area contributed by atoms with Crippen molar-refractivity contribution >= 4 is 0 Å². The van der Waals surface area contributed by atoms with Gasteiger partial charge in [0.05, 0.1) is 0 Å². The zero-order valence-corrected chi connectivity index (χ0v) is 13.4. The van der Waals surface area contributed by atoms with E-state index in [4.69, 9.17) is 5.11 Å². The molecule has 0 unspecified atom stereocenters. The van der Waals surface area contributed by atoms with Crippen molar-refractivity contribution in [1.29, 1.82) is 0 Å². The maximum atomic E-state index is 11.8. The van der Waals surface area contributed by atoms with Crippen LogP contribution in [0.3, 0.4) is 0 Å². The number of nitrogens with zero attached hydrogens (tertiary/aromatic N) is 1. The van der Waals surface area contributed by atoms with E-state index in [1.165, 1.54) is 0 Å². The van der Waals surface area contributed by atoms with Crippen molar-refractivity contribution < 1.29 is 10.2 Å². The van der Waals surface area contributed by atoms with Crippen LogP contribution >= 0.6 is 0 Å². The van der Waals surface area contributed by atoms with Gasteiger partial charge < -0.3 is 10.2 Å². The van der Waals surface area contributed by atoms with Gasteiger partial charge in [0.25, 0.3) is 0 Å². The number of benzene rings is 2. The molecule has 1 saturated heterocycles. The maximum absolute atomic E-state index is 11.8. The van der Waals surface area contributed by atoms with Gasteiger partial charge in [-0.3, -0.25) is 4.90 Å². The maximum Gasteiger partial charge on any atom is 0.130 e. The average molecular weight is 311 g/mol. The SMILES string of the molecule is OCCCN1CCC[C@@H]1C(O)(c1ccccc1)c1ccccc1. The third kappa shape index (κ3) is 3.18. The van der Waals surface area contributed by atoms with Gasteiger partial charge in [0.2, 0.25) is 0 Å². The second-order valence-electron chi connectivity index (χ2n) is 6.27. The summed E-state index contributed by atoms with van der Waals surface area (Å²) in [6, 6.07) is 20.0.